The second-order valence-corrected chi connectivity index (χ2v) is 5.72. The molecule has 5 nitrogen and oxygen atoms in total. The van der Waals surface area contributed by atoms with Crippen LogP contribution in [0, 0.1) is 0 Å². The van der Waals surface area contributed by atoms with Crippen LogP contribution in [0.3, 0.4) is 0 Å². The number of aryl methyl sites for hydroxylation is 1. The van der Waals surface area contributed by atoms with Crippen LogP contribution in [0.15, 0.2) is 67.0 Å². The Kier molecular flexibility index (Phi) is 4.61. The lowest BCUT2D eigenvalue weighted by atomic mass is 10.0. The fourth-order valence-corrected chi connectivity index (χ4v) is 2.57. The van der Waals surface area contributed by atoms with E-state index >= 15 is 0 Å². The number of urea groups is 1. The third-order valence-corrected chi connectivity index (χ3v) is 3.78. The highest BCUT2D eigenvalue weighted by atomic mass is 16.2. The summed E-state index contributed by atoms with van der Waals surface area (Å²) in [6.07, 6.45) is 3.67. The van der Waals surface area contributed by atoms with E-state index < -0.39 is 0 Å². The van der Waals surface area contributed by atoms with Gasteiger partial charge in [0.2, 0.25) is 0 Å². The van der Waals surface area contributed by atoms with Gasteiger partial charge in [-0.1, -0.05) is 48.5 Å². The van der Waals surface area contributed by atoms with Gasteiger partial charge >= 0.3 is 6.03 Å². The number of anilines is 1. The average molecular weight is 320 g/mol. The van der Waals surface area contributed by atoms with Gasteiger partial charge < -0.3 is 10.2 Å². The molecule has 0 saturated heterocycles. The molecule has 3 rings (SSSR count). The Labute approximate surface area is 141 Å². The monoisotopic (exact) mass is 320 g/mol. The molecule has 0 bridgehead atoms. The molecule has 0 aliphatic carbocycles. The summed E-state index contributed by atoms with van der Waals surface area (Å²) in [5.41, 5.74) is 3.86. The number of benzene rings is 2. The van der Waals surface area contributed by atoms with E-state index in [0.29, 0.717) is 6.54 Å². The van der Waals surface area contributed by atoms with Crippen LogP contribution < -0.4 is 5.32 Å². The van der Waals surface area contributed by atoms with Gasteiger partial charge in [-0.2, -0.15) is 5.10 Å². The molecule has 0 saturated carbocycles. The summed E-state index contributed by atoms with van der Waals surface area (Å²) in [7, 11) is 3.63. The summed E-state index contributed by atoms with van der Waals surface area (Å²) in [5, 5.41) is 7.12. The van der Waals surface area contributed by atoms with Crippen molar-refractivity contribution < 1.29 is 4.79 Å². The molecule has 24 heavy (non-hydrogen) atoms. The lowest BCUT2D eigenvalue weighted by Gasteiger charge is -2.18. The first-order valence-corrected chi connectivity index (χ1v) is 7.77. The van der Waals surface area contributed by atoms with E-state index in [-0.39, 0.29) is 6.03 Å². The second kappa shape index (κ2) is 7.00. The Morgan fingerprint density at radius 2 is 1.83 bits per heavy atom. The first kappa shape index (κ1) is 15.8. The van der Waals surface area contributed by atoms with Crippen LogP contribution in [-0.4, -0.2) is 27.8 Å². The van der Waals surface area contributed by atoms with Crippen molar-refractivity contribution in [3.8, 4) is 11.1 Å². The largest absolute Gasteiger partial charge is 0.323 e. The zero-order valence-corrected chi connectivity index (χ0v) is 13.8. The molecule has 0 spiro atoms. The molecule has 1 heterocycles. The van der Waals surface area contributed by atoms with Crippen LogP contribution in [0.5, 0.6) is 0 Å². The van der Waals surface area contributed by atoms with Gasteiger partial charge in [-0.15, -0.1) is 0 Å². The summed E-state index contributed by atoms with van der Waals surface area (Å²) >= 11 is 0. The Morgan fingerprint density at radius 3 is 2.54 bits per heavy atom. The zero-order valence-electron chi connectivity index (χ0n) is 13.8. The number of aromatic nitrogens is 2. The normalized spacial score (nSPS) is 10.4. The van der Waals surface area contributed by atoms with Gasteiger partial charge in [0.25, 0.3) is 0 Å². The van der Waals surface area contributed by atoms with Crippen LogP contribution in [0.25, 0.3) is 11.1 Å². The summed E-state index contributed by atoms with van der Waals surface area (Å²) in [5.74, 6) is 0. The molecular formula is C19H20N4O. The van der Waals surface area contributed by atoms with Crippen LogP contribution in [0.4, 0.5) is 10.5 Å². The van der Waals surface area contributed by atoms with E-state index in [2.05, 4.69) is 10.4 Å². The number of amides is 2. The maximum Gasteiger partial charge on any atom is 0.321 e. The molecule has 1 N–H and O–H groups in total. The number of rotatable bonds is 4. The molecule has 0 unspecified atom stereocenters. The molecule has 5 heteroatoms. The molecule has 0 radical (unpaired) electrons. The lowest BCUT2D eigenvalue weighted by molar-refractivity contribution is 0.220. The van der Waals surface area contributed by atoms with Gasteiger partial charge in [0.15, 0.2) is 0 Å². The van der Waals surface area contributed by atoms with Crippen molar-refractivity contribution in [3.63, 3.8) is 0 Å². The predicted octanol–water partition coefficient (Wildman–Crippen LogP) is 3.75. The summed E-state index contributed by atoms with van der Waals surface area (Å²) in [6, 6.07) is 17.7. The molecule has 0 aliphatic rings. The number of para-hydroxylation sites is 1. The van der Waals surface area contributed by atoms with E-state index in [1.54, 1.807) is 22.8 Å². The fourth-order valence-electron chi connectivity index (χ4n) is 2.57. The SMILES string of the molecule is CN(Cc1cnn(C)c1)C(=O)Nc1ccccc1-c1ccccc1. The quantitative estimate of drug-likeness (QED) is 0.796. The van der Waals surface area contributed by atoms with Gasteiger partial charge in [-0.05, 0) is 11.6 Å². The van der Waals surface area contributed by atoms with Crippen molar-refractivity contribution >= 4 is 11.7 Å². The Morgan fingerprint density at radius 1 is 1.12 bits per heavy atom. The van der Waals surface area contributed by atoms with Gasteiger partial charge in [-0.3, -0.25) is 4.68 Å². The highest BCUT2D eigenvalue weighted by molar-refractivity contribution is 5.94. The van der Waals surface area contributed by atoms with Crippen molar-refractivity contribution in [3.05, 3.63) is 72.6 Å². The first-order chi connectivity index (χ1) is 11.6. The van der Waals surface area contributed by atoms with Crippen LogP contribution in [-0.2, 0) is 13.6 Å². The minimum Gasteiger partial charge on any atom is -0.323 e. The molecule has 0 fully saturated rings. The average Bonchev–Trinajstić information content (AvgIpc) is 3.01. The Bertz CT molecular complexity index is 826. The van der Waals surface area contributed by atoms with Gasteiger partial charge in [0, 0.05) is 31.4 Å². The first-order valence-electron chi connectivity index (χ1n) is 7.77. The molecule has 122 valence electrons. The molecule has 3 aromatic rings. The van der Waals surface area contributed by atoms with E-state index in [0.717, 1.165) is 22.4 Å². The fraction of sp³-hybridized carbons (Fsp3) is 0.158. The van der Waals surface area contributed by atoms with Crippen molar-refractivity contribution in [1.82, 2.24) is 14.7 Å². The number of hydrogen-bond donors (Lipinski definition) is 1. The third kappa shape index (κ3) is 3.63. The van der Waals surface area contributed by atoms with Gasteiger partial charge in [0.1, 0.15) is 0 Å². The van der Waals surface area contributed by atoms with Crippen molar-refractivity contribution in [2.24, 2.45) is 7.05 Å². The highest BCUT2D eigenvalue weighted by Gasteiger charge is 2.13. The summed E-state index contributed by atoms with van der Waals surface area (Å²) in [4.78, 5) is 14.1. The molecule has 1 aromatic heterocycles. The number of carbonyl (C=O) groups excluding carboxylic acids is 1. The number of hydrogen-bond acceptors (Lipinski definition) is 2. The summed E-state index contributed by atoms with van der Waals surface area (Å²) in [6.45, 7) is 0.507. The standard InChI is InChI=1S/C19H20N4O/c1-22(13-15-12-20-23(2)14-15)19(24)21-18-11-7-6-10-17(18)16-8-4-3-5-9-16/h3-12,14H,13H2,1-2H3,(H,21,24). The van der Waals surface area contributed by atoms with Crippen LogP contribution >= 0.6 is 0 Å². The molecule has 2 aromatic carbocycles. The minimum absolute atomic E-state index is 0.151. The summed E-state index contributed by atoms with van der Waals surface area (Å²) < 4.78 is 1.73. The molecule has 2 amide bonds. The maximum atomic E-state index is 12.5. The van der Waals surface area contributed by atoms with Crippen LogP contribution in [0.1, 0.15) is 5.56 Å². The Balaban J connectivity index is 1.75. The van der Waals surface area contributed by atoms with Crippen molar-refractivity contribution in [2.45, 2.75) is 6.54 Å². The number of nitrogens with one attached hydrogen (secondary N) is 1. The van der Waals surface area contributed by atoms with Gasteiger partial charge in [0.05, 0.1) is 18.4 Å². The van der Waals surface area contributed by atoms with E-state index in [1.807, 2.05) is 67.8 Å². The smallest absolute Gasteiger partial charge is 0.321 e. The molecule has 0 atom stereocenters. The lowest BCUT2D eigenvalue weighted by Crippen LogP contribution is -2.30. The van der Waals surface area contributed by atoms with E-state index in [9.17, 15) is 4.79 Å². The van der Waals surface area contributed by atoms with E-state index in [1.165, 1.54) is 0 Å². The zero-order chi connectivity index (χ0) is 16.9. The molecule has 0 aliphatic heterocycles. The van der Waals surface area contributed by atoms with Crippen LogP contribution in [0.2, 0.25) is 0 Å². The predicted molar refractivity (Wildman–Crippen MR) is 95.6 cm³/mol. The van der Waals surface area contributed by atoms with Crippen molar-refractivity contribution in [2.75, 3.05) is 12.4 Å². The minimum atomic E-state index is -0.151. The third-order valence-electron chi connectivity index (χ3n) is 3.78. The number of nitrogens with zero attached hydrogens (tertiary/aromatic N) is 3. The molecular weight excluding hydrogens is 300 g/mol. The number of carbonyl (C=O) groups is 1. The maximum absolute atomic E-state index is 12.5. The van der Waals surface area contributed by atoms with E-state index in [4.69, 9.17) is 0 Å². The Hall–Kier alpha value is -3.08. The second-order valence-electron chi connectivity index (χ2n) is 5.72. The van der Waals surface area contributed by atoms with Crippen molar-refractivity contribution in [1.29, 1.82) is 0 Å². The van der Waals surface area contributed by atoms with Gasteiger partial charge in [-0.25, -0.2) is 4.79 Å². The topological polar surface area (TPSA) is 50.2 Å². The highest BCUT2D eigenvalue weighted by Crippen LogP contribution is 2.27.